The maximum absolute atomic E-state index is 8.99. The van der Waals surface area contributed by atoms with Gasteiger partial charge in [-0.25, -0.2) is 4.98 Å². The third-order valence-corrected chi connectivity index (χ3v) is 2.55. The van der Waals surface area contributed by atoms with Gasteiger partial charge in [0.15, 0.2) is 0 Å². The Balaban J connectivity index is 2.85. The molecule has 4 nitrogen and oxygen atoms in total. The molecule has 0 radical (unpaired) electrons. The van der Waals surface area contributed by atoms with E-state index >= 15 is 0 Å². The fourth-order valence-corrected chi connectivity index (χ4v) is 1.90. The highest BCUT2D eigenvalue weighted by Gasteiger charge is 2.08. The second-order valence-corrected chi connectivity index (χ2v) is 3.59. The molecular formula is C8H8BrN3O. The van der Waals surface area contributed by atoms with Gasteiger partial charge in [0, 0.05) is 13.2 Å². The fourth-order valence-electron chi connectivity index (χ4n) is 1.32. The highest BCUT2D eigenvalue weighted by Crippen LogP contribution is 2.22. The predicted octanol–water partition coefficient (Wildman–Crippen LogP) is 1.22. The average Bonchev–Trinajstić information content (AvgIpc) is 2.44. The van der Waals surface area contributed by atoms with Gasteiger partial charge in [-0.3, -0.25) is 4.98 Å². The van der Waals surface area contributed by atoms with E-state index < -0.39 is 0 Å². The number of aliphatic hydroxyl groups excluding tert-OH is 1. The van der Waals surface area contributed by atoms with Crippen molar-refractivity contribution in [3.8, 4) is 0 Å². The van der Waals surface area contributed by atoms with E-state index in [4.69, 9.17) is 5.11 Å². The smallest absolute Gasteiger partial charge is 0.135 e. The van der Waals surface area contributed by atoms with Crippen LogP contribution in [0.4, 0.5) is 0 Å². The summed E-state index contributed by atoms with van der Waals surface area (Å²) in [6, 6.07) is 0. The molecule has 1 N–H and O–H groups in total. The molecule has 0 aliphatic rings. The van der Waals surface area contributed by atoms with Crippen molar-refractivity contribution in [3.63, 3.8) is 0 Å². The SMILES string of the molecule is Cn1c(CO)nc2cncc(Br)c21. The molecule has 5 heteroatoms. The molecular weight excluding hydrogens is 234 g/mol. The monoisotopic (exact) mass is 241 g/mol. The molecule has 0 spiro atoms. The summed E-state index contributed by atoms with van der Waals surface area (Å²) in [7, 11) is 1.87. The van der Waals surface area contributed by atoms with Crippen molar-refractivity contribution in [1.82, 2.24) is 14.5 Å². The third-order valence-electron chi connectivity index (χ3n) is 1.97. The summed E-state index contributed by atoms with van der Waals surface area (Å²) in [5.41, 5.74) is 1.75. The van der Waals surface area contributed by atoms with E-state index in [1.54, 1.807) is 12.4 Å². The number of rotatable bonds is 1. The molecule has 0 fully saturated rings. The van der Waals surface area contributed by atoms with Crippen LogP contribution in [0.5, 0.6) is 0 Å². The molecule has 0 saturated heterocycles. The van der Waals surface area contributed by atoms with E-state index in [9.17, 15) is 0 Å². The first-order valence-corrected chi connectivity index (χ1v) is 4.59. The summed E-state index contributed by atoms with van der Waals surface area (Å²) < 4.78 is 2.74. The van der Waals surface area contributed by atoms with Gasteiger partial charge in [-0.05, 0) is 15.9 Å². The van der Waals surface area contributed by atoms with Gasteiger partial charge in [0.1, 0.15) is 17.9 Å². The van der Waals surface area contributed by atoms with Gasteiger partial charge in [-0.1, -0.05) is 0 Å². The zero-order valence-electron chi connectivity index (χ0n) is 7.03. The minimum absolute atomic E-state index is 0.0579. The van der Waals surface area contributed by atoms with Crippen LogP contribution in [0.3, 0.4) is 0 Å². The molecule has 0 amide bonds. The predicted molar refractivity (Wildman–Crippen MR) is 52.1 cm³/mol. The molecule has 0 saturated carbocycles. The number of imidazole rings is 1. The van der Waals surface area contributed by atoms with E-state index in [-0.39, 0.29) is 6.61 Å². The van der Waals surface area contributed by atoms with Crippen LogP contribution in [0.25, 0.3) is 11.0 Å². The van der Waals surface area contributed by atoms with Gasteiger partial charge < -0.3 is 9.67 Å². The molecule has 0 bridgehead atoms. The molecule has 68 valence electrons. The number of aryl methyl sites for hydroxylation is 1. The normalized spacial score (nSPS) is 11.0. The Morgan fingerprint density at radius 3 is 2.92 bits per heavy atom. The number of aliphatic hydroxyl groups is 1. The molecule has 0 aliphatic carbocycles. The Labute approximate surface area is 83.4 Å². The third kappa shape index (κ3) is 1.24. The lowest BCUT2D eigenvalue weighted by molar-refractivity contribution is 0.268. The Morgan fingerprint density at radius 1 is 1.54 bits per heavy atom. The van der Waals surface area contributed by atoms with E-state index in [2.05, 4.69) is 25.9 Å². The molecule has 2 heterocycles. The van der Waals surface area contributed by atoms with Gasteiger partial charge in [-0.2, -0.15) is 0 Å². The number of nitrogens with zero attached hydrogens (tertiary/aromatic N) is 3. The lowest BCUT2D eigenvalue weighted by Crippen LogP contribution is -1.96. The van der Waals surface area contributed by atoms with Crippen LogP contribution in [0.1, 0.15) is 5.82 Å². The maximum atomic E-state index is 8.99. The highest BCUT2D eigenvalue weighted by atomic mass is 79.9. The lowest BCUT2D eigenvalue weighted by Gasteiger charge is -1.98. The molecule has 0 aromatic carbocycles. The quantitative estimate of drug-likeness (QED) is 0.818. The van der Waals surface area contributed by atoms with Gasteiger partial charge in [0.25, 0.3) is 0 Å². The van der Waals surface area contributed by atoms with Crippen molar-refractivity contribution >= 4 is 27.0 Å². The zero-order chi connectivity index (χ0) is 9.42. The Hall–Kier alpha value is -0.940. The van der Waals surface area contributed by atoms with Crippen molar-refractivity contribution < 1.29 is 5.11 Å². The fraction of sp³-hybridized carbons (Fsp3) is 0.250. The van der Waals surface area contributed by atoms with Crippen LogP contribution in [-0.2, 0) is 13.7 Å². The topological polar surface area (TPSA) is 50.9 Å². The molecule has 2 rings (SSSR count). The minimum atomic E-state index is -0.0579. The van der Waals surface area contributed by atoms with E-state index in [0.29, 0.717) is 5.82 Å². The van der Waals surface area contributed by atoms with Crippen LogP contribution in [0.15, 0.2) is 16.9 Å². The van der Waals surface area contributed by atoms with Crippen molar-refractivity contribution in [2.24, 2.45) is 7.05 Å². The van der Waals surface area contributed by atoms with Gasteiger partial charge in [-0.15, -0.1) is 0 Å². The Kier molecular flexibility index (Phi) is 2.05. The summed E-state index contributed by atoms with van der Waals surface area (Å²) in [5, 5.41) is 8.99. The van der Waals surface area contributed by atoms with Gasteiger partial charge >= 0.3 is 0 Å². The average molecular weight is 242 g/mol. The van der Waals surface area contributed by atoms with Crippen molar-refractivity contribution in [2.75, 3.05) is 0 Å². The first-order valence-electron chi connectivity index (χ1n) is 3.79. The summed E-state index contributed by atoms with van der Waals surface area (Å²) in [6.07, 6.45) is 3.39. The van der Waals surface area contributed by atoms with Crippen LogP contribution in [-0.4, -0.2) is 19.6 Å². The summed E-state index contributed by atoms with van der Waals surface area (Å²) in [4.78, 5) is 8.21. The molecule has 13 heavy (non-hydrogen) atoms. The zero-order valence-corrected chi connectivity index (χ0v) is 8.61. The number of hydrogen-bond acceptors (Lipinski definition) is 3. The van der Waals surface area contributed by atoms with Gasteiger partial charge in [0.05, 0.1) is 16.2 Å². The van der Waals surface area contributed by atoms with Crippen LogP contribution >= 0.6 is 15.9 Å². The first-order chi connectivity index (χ1) is 6.24. The molecule has 2 aromatic heterocycles. The number of aromatic nitrogens is 3. The largest absolute Gasteiger partial charge is 0.388 e. The minimum Gasteiger partial charge on any atom is -0.388 e. The van der Waals surface area contributed by atoms with Crippen molar-refractivity contribution in [1.29, 1.82) is 0 Å². The van der Waals surface area contributed by atoms with E-state index in [0.717, 1.165) is 15.5 Å². The van der Waals surface area contributed by atoms with Crippen molar-refractivity contribution in [2.45, 2.75) is 6.61 Å². The maximum Gasteiger partial charge on any atom is 0.135 e. The van der Waals surface area contributed by atoms with Crippen LogP contribution in [0.2, 0.25) is 0 Å². The second-order valence-electron chi connectivity index (χ2n) is 2.73. The number of hydrogen-bond donors (Lipinski definition) is 1. The highest BCUT2D eigenvalue weighted by molar-refractivity contribution is 9.10. The van der Waals surface area contributed by atoms with E-state index in [1.807, 2.05) is 11.6 Å². The van der Waals surface area contributed by atoms with Crippen LogP contribution < -0.4 is 0 Å². The van der Waals surface area contributed by atoms with Crippen molar-refractivity contribution in [3.05, 3.63) is 22.7 Å². The molecule has 0 atom stereocenters. The number of pyridine rings is 1. The Bertz CT molecular complexity index is 452. The molecule has 0 unspecified atom stereocenters. The number of halogens is 1. The Morgan fingerprint density at radius 2 is 2.31 bits per heavy atom. The van der Waals surface area contributed by atoms with E-state index in [1.165, 1.54) is 0 Å². The molecule has 2 aromatic rings. The second kappa shape index (κ2) is 3.08. The van der Waals surface area contributed by atoms with Crippen LogP contribution in [0, 0.1) is 0 Å². The summed E-state index contributed by atoms with van der Waals surface area (Å²) in [6.45, 7) is -0.0579. The number of fused-ring (bicyclic) bond motifs is 1. The summed E-state index contributed by atoms with van der Waals surface area (Å²) in [5.74, 6) is 0.642. The first kappa shape index (κ1) is 8.65. The molecule has 0 aliphatic heterocycles. The standard InChI is InChI=1S/C8H8BrN3O/c1-12-7(4-13)11-6-3-10-2-5(9)8(6)12/h2-3,13H,4H2,1H3. The lowest BCUT2D eigenvalue weighted by atomic mass is 10.4. The van der Waals surface area contributed by atoms with Gasteiger partial charge in [0.2, 0.25) is 0 Å². The summed E-state index contributed by atoms with van der Waals surface area (Å²) >= 11 is 3.39.